The molecule has 0 radical (unpaired) electrons. The molecule has 0 saturated carbocycles. The molecule has 0 fully saturated rings. The predicted molar refractivity (Wildman–Crippen MR) is 98.1 cm³/mol. The number of phenols is 1. The quantitative estimate of drug-likeness (QED) is 0.542. The molecule has 0 aliphatic heterocycles. The second-order valence-electron chi connectivity index (χ2n) is 5.11. The summed E-state index contributed by atoms with van der Waals surface area (Å²) in [6, 6.07) is 12.6. The van der Waals surface area contributed by atoms with E-state index in [2.05, 4.69) is 10.5 Å². The van der Waals surface area contributed by atoms with E-state index in [0.717, 1.165) is 10.1 Å². The second-order valence-corrected chi connectivity index (χ2v) is 6.19. The molecule has 0 spiro atoms. The Labute approximate surface area is 148 Å². The van der Waals surface area contributed by atoms with Crippen molar-refractivity contribution in [2.45, 2.75) is 0 Å². The lowest BCUT2D eigenvalue weighted by Crippen LogP contribution is -2.16. The Morgan fingerprint density at radius 2 is 2.00 bits per heavy atom. The number of benzene rings is 2. The Morgan fingerprint density at radius 3 is 2.72 bits per heavy atom. The molecular formula is C18H16N2O4S. The lowest BCUT2D eigenvalue weighted by Gasteiger charge is -2.09. The maximum absolute atomic E-state index is 12.2. The minimum absolute atomic E-state index is 0.0592. The highest BCUT2D eigenvalue weighted by Crippen LogP contribution is 2.31. The summed E-state index contributed by atoms with van der Waals surface area (Å²) in [7, 11) is 2.97. The molecule has 2 aromatic carbocycles. The first-order chi connectivity index (χ1) is 12.1. The number of ether oxygens (including phenoxy) is 2. The lowest BCUT2D eigenvalue weighted by molar-refractivity contribution is 0.0959. The first-order valence-electron chi connectivity index (χ1n) is 7.39. The number of carbonyl (C=O) groups is 1. The van der Waals surface area contributed by atoms with Crippen molar-refractivity contribution in [3.05, 3.63) is 52.9 Å². The first-order valence-corrected chi connectivity index (χ1v) is 8.21. The van der Waals surface area contributed by atoms with E-state index in [4.69, 9.17) is 9.47 Å². The summed E-state index contributed by atoms with van der Waals surface area (Å²) in [5.74, 6) is 0.470. The molecular weight excluding hydrogens is 340 g/mol. The number of phenolic OH excluding ortho intramolecular Hbond substituents is 1. The van der Waals surface area contributed by atoms with Crippen molar-refractivity contribution in [2.75, 3.05) is 14.2 Å². The van der Waals surface area contributed by atoms with Gasteiger partial charge in [-0.3, -0.25) is 4.79 Å². The van der Waals surface area contributed by atoms with Crippen molar-refractivity contribution in [1.82, 2.24) is 5.43 Å². The van der Waals surface area contributed by atoms with Crippen molar-refractivity contribution in [3.8, 4) is 17.2 Å². The van der Waals surface area contributed by atoms with Gasteiger partial charge in [0.05, 0.1) is 30.9 Å². The highest BCUT2D eigenvalue weighted by molar-refractivity contribution is 7.20. The number of hydrazone groups is 1. The summed E-state index contributed by atoms with van der Waals surface area (Å²) in [5, 5.41) is 15.0. The molecule has 0 aliphatic rings. The maximum atomic E-state index is 12.2. The molecule has 1 heterocycles. The van der Waals surface area contributed by atoms with Gasteiger partial charge in [0, 0.05) is 16.8 Å². The van der Waals surface area contributed by atoms with Crippen LogP contribution in [0.4, 0.5) is 0 Å². The third kappa shape index (κ3) is 3.56. The fraction of sp³-hybridized carbons (Fsp3) is 0.111. The summed E-state index contributed by atoms with van der Waals surface area (Å²) in [6.45, 7) is 0. The van der Waals surface area contributed by atoms with E-state index < -0.39 is 0 Å². The molecule has 7 heteroatoms. The van der Waals surface area contributed by atoms with Crippen molar-refractivity contribution in [1.29, 1.82) is 0 Å². The van der Waals surface area contributed by atoms with E-state index in [1.807, 2.05) is 30.3 Å². The van der Waals surface area contributed by atoms with Gasteiger partial charge >= 0.3 is 0 Å². The molecule has 3 rings (SSSR count). The second kappa shape index (κ2) is 7.23. The van der Waals surface area contributed by atoms with Gasteiger partial charge in [0.2, 0.25) is 0 Å². The van der Waals surface area contributed by atoms with Crippen molar-refractivity contribution < 1.29 is 19.4 Å². The van der Waals surface area contributed by atoms with E-state index in [0.29, 0.717) is 21.9 Å². The molecule has 1 amide bonds. The summed E-state index contributed by atoms with van der Waals surface area (Å²) < 4.78 is 11.3. The van der Waals surface area contributed by atoms with Gasteiger partial charge in [-0.2, -0.15) is 5.10 Å². The minimum atomic E-state index is -0.315. The van der Waals surface area contributed by atoms with Gasteiger partial charge in [0.15, 0.2) is 0 Å². The molecule has 1 aromatic heterocycles. The highest BCUT2D eigenvalue weighted by atomic mass is 32.1. The molecule has 0 unspecified atom stereocenters. The van der Waals surface area contributed by atoms with Gasteiger partial charge in [-0.1, -0.05) is 18.2 Å². The van der Waals surface area contributed by atoms with Gasteiger partial charge in [0.25, 0.3) is 5.91 Å². The number of nitrogens with one attached hydrogen (secondary N) is 1. The lowest BCUT2D eigenvalue weighted by atomic mass is 10.2. The van der Waals surface area contributed by atoms with Crippen molar-refractivity contribution >= 4 is 33.5 Å². The highest BCUT2D eigenvalue weighted by Gasteiger charge is 2.11. The smallest absolute Gasteiger partial charge is 0.281 e. The molecule has 128 valence electrons. The van der Waals surface area contributed by atoms with Gasteiger partial charge in [-0.15, -0.1) is 11.3 Å². The average molecular weight is 356 g/mol. The van der Waals surface area contributed by atoms with E-state index >= 15 is 0 Å². The Bertz CT molecular complexity index is 916. The number of carbonyl (C=O) groups excluding carboxylic acids is 1. The van der Waals surface area contributed by atoms with Crippen LogP contribution >= 0.6 is 11.3 Å². The Kier molecular flexibility index (Phi) is 4.85. The van der Waals surface area contributed by atoms with E-state index in [-0.39, 0.29) is 11.7 Å². The molecule has 6 nitrogen and oxygen atoms in total. The molecule has 25 heavy (non-hydrogen) atoms. The number of fused-ring (bicyclic) bond motifs is 1. The third-order valence-corrected chi connectivity index (χ3v) is 4.67. The summed E-state index contributed by atoms with van der Waals surface area (Å²) in [4.78, 5) is 12.8. The summed E-state index contributed by atoms with van der Waals surface area (Å²) in [5.41, 5.74) is 2.81. The van der Waals surface area contributed by atoms with Crippen LogP contribution in [0.25, 0.3) is 10.1 Å². The Balaban J connectivity index is 1.77. The van der Waals surface area contributed by atoms with Crippen LogP contribution in [0.5, 0.6) is 17.2 Å². The monoisotopic (exact) mass is 356 g/mol. The maximum Gasteiger partial charge on any atom is 0.281 e. The fourth-order valence-electron chi connectivity index (χ4n) is 2.31. The predicted octanol–water partition coefficient (Wildman–Crippen LogP) is 3.39. The Morgan fingerprint density at radius 1 is 1.20 bits per heavy atom. The normalized spacial score (nSPS) is 11.0. The number of nitrogens with zero attached hydrogens (tertiary/aromatic N) is 1. The van der Waals surface area contributed by atoms with Crippen molar-refractivity contribution in [2.24, 2.45) is 5.10 Å². The number of hydrogen-bond acceptors (Lipinski definition) is 6. The van der Waals surface area contributed by atoms with E-state index in [1.165, 1.54) is 37.8 Å². The van der Waals surface area contributed by atoms with Crippen LogP contribution in [0.3, 0.4) is 0 Å². The number of hydrogen-bond donors (Lipinski definition) is 2. The van der Waals surface area contributed by atoms with Crippen LogP contribution in [0, 0.1) is 0 Å². The third-order valence-electron chi connectivity index (χ3n) is 3.56. The standard InChI is InChI=1S/C18H16N2O4S/c1-23-12-8-14(21)13(15(9-12)24-2)10-19-20-18(22)17-7-11-5-3-4-6-16(11)25-17/h3-10,21H,1-2H3,(H,20,22)/b19-10+. The molecule has 0 atom stereocenters. The van der Waals surface area contributed by atoms with Crippen LogP contribution in [0.15, 0.2) is 47.6 Å². The SMILES string of the molecule is COc1cc(O)c(/C=N/NC(=O)c2cc3ccccc3s2)c(OC)c1. The number of aromatic hydroxyl groups is 1. The number of thiophene rings is 1. The summed E-state index contributed by atoms with van der Waals surface area (Å²) >= 11 is 1.39. The number of amides is 1. The van der Waals surface area contributed by atoms with Gasteiger partial charge < -0.3 is 14.6 Å². The van der Waals surface area contributed by atoms with Crippen LogP contribution in [-0.4, -0.2) is 31.4 Å². The zero-order valence-corrected chi connectivity index (χ0v) is 14.5. The summed E-state index contributed by atoms with van der Waals surface area (Å²) in [6.07, 6.45) is 1.33. The average Bonchev–Trinajstić information content (AvgIpc) is 3.06. The largest absolute Gasteiger partial charge is 0.507 e. The van der Waals surface area contributed by atoms with Gasteiger partial charge in [0.1, 0.15) is 17.2 Å². The molecule has 0 bridgehead atoms. The molecule has 0 aliphatic carbocycles. The minimum Gasteiger partial charge on any atom is -0.507 e. The Hall–Kier alpha value is -3.06. The van der Waals surface area contributed by atoms with Gasteiger partial charge in [-0.05, 0) is 17.5 Å². The van der Waals surface area contributed by atoms with E-state index in [9.17, 15) is 9.90 Å². The molecule has 3 aromatic rings. The zero-order valence-electron chi connectivity index (χ0n) is 13.6. The first kappa shape index (κ1) is 16.8. The zero-order chi connectivity index (χ0) is 17.8. The number of rotatable bonds is 5. The number of methoxy groups -OCH3 is 2. The van der Waals surface area contributed by atoms with Crippen LogP contribution in [0.2, 0.25) is 0 Å². The molecule has 0 saturated heterocycles. The van der Waals surface area contributed by atoms with E-state index in [1.54, 1.807) is 6.07 Å². The topological polar surface area (TPSA) is 80.2 Å². The fourth-order valence-corrected chi connectivity index (χ4v) is 3.26. The van der Waals surface area contributed by atoms with Crippen molar-refractivity contribution in [3.63, 3.8) is 0 Å². The van der Waals surface area contributed by atoms with Gasteiger partial charge in [-0.25, -0.2) is 5.43 Å². The van der Waals surface area contributed by atoms with Crippen LogP contribution in [-0.2, 0) is 0 Å². The molecule has 2 N–H and O–H groups in total. The van der Waals surface area contributed by atoms with Crippen LogP contribution < -0.4 is 14.9 Å². The van der Waals surface area contributed by atoms with Crippen LogP contribution in [0.1, 0.15) is 15.2 Å².